The number of nitrogens with one attached hydrogen (secondary N) is 1. The van der Waals surface area contributed by atoms with E-state index in [4.69, 9.17) is 5.11 Å². The van der Waals surface area contributed by atoms with Crippen molar-refractivity contribution in [3.05, 3.63) is 34.9 Å². The highest BCUT2D eigenvalue weighted by atomic mass is 19.1. The van der Waals surface area contributed by atoms with E-state index in [0.29, 0.717) is 12.5 Å². The highest BCUT2D eigenvalue weighted by Crippen LogP contribution is 2.19. The number of hydrogen-bond donors (Lipinski definition) is 2. The van der Waals surface area contributed by atoms with Crippen LogP contribution in [-0.2, 0) is 6.42 Å². The largest absolute Gasteiger partial charge is 0.478 e. The Labute approximate surface area is 104 Å². The highest BCUT2D eigenvalue weighted by Gasteiger charge is 2.19. The van der Waals surface area contributed by atoms with Crippen molar-refractivity contribution in [3.8, 4) is 0 Å². The average molecular weight is 255 g/mol. The predicted molar refractivity (Wildman–Crippen MR) is 62.7 cm³/mol. The molecule has 2 N–H and O–H groups in total. The first-order chi connectivity index (χ1) is 8.58. The van der Waals surface area contributed by atoms with Crippen LogP contribution in [0.1, 0.15) is 35.2 Å². The molecule has 98 valence electrons. The molecule has 0 radical (unpaired) electrons. The third-order valence-electron chi connectivity index (χ3n) is 3.25. The molecule has 1 aromatic carbocycles. The molecule has 1 aliphatic heterocycles. The van der Waals surface area contributed by atoms with Gasteiger partial charge in [0, 0.05) is 12.1 Å². The van der Waals surface area contributed by atoms with E-state index < -0.39 is 23.2 Å². The molecular formula is C13H15F2NO2. The summed E-state index contributed by atoms with van der Waals surface area (Å²) in [7, 11) is 0. The maximum Gasteiger partial charge on any atom is 0.338 e. The first-order valence-corrected chi connectivity index (χ1v) is 6.02. The quantitative estimate of drug-likeness (QED) is 0.871. The van der Waals surface area contributed by atoms with Crippen molar-refractivity contribution in [2.24, 2.45) is 0 Å². The second kappa shape index (κ2) is 5.44. The Balaban J connectivity index is 2.21. The van der Waals surface area contributed by atoms with Crippen LogP contribution in [0.25, 0.3) is 0 Å². The first-order valence-electron chi connectivity index (χ1n) is 6.02. The zero-order valence-corrected chi connectivity index (χ0v) is 9.88. The molecular weight excluding hydrogens is 240 g/mol. The molecule has 1 fully saturated rings. The van der Waals surface area contributed by atoms with E-state index in [1.165, 1.54) is 0 Å². The number of carboxylic acid groups (broad SMARTS) is 1. The average Bonchev–Trinajstić information content (AvgIpc) is 2.33. The minimum atomic E-state index is -1.37. The lowest BCUT2D eigenvalue weighted by Crippen LogP contribution is -2.35. The van der Waals surface area contributed by atoms with E-state index in [9.17, 15) is 13.6 Å². The van der Waals surface area contributed by atoms with Gasteiger partial charge in [-0.1, -0.05) is 6.42 Å². The van der Waals surface area contributed by atoms with E-state index in [0.717, 1.165) is 31.9 Å². The van der Waals surface area contributed by atoms with Crippen molar-refractivity contribution in [1.82, 2.24) is 5.32 Å². The number of piperidine rings is 1. The van der Waals surface area contributed by atoms with Gasteiger partial charge in [0.15, 0.2) is 0 Å². The molecule has 1 unspecified atom stereocenters. The number of carbonyl (C=O) groups is 1. The summed E-state index contributed by atoms with van der Waals surface area (Å²) in [5.41, 5.74) is -0.213. The summed E-state index contributed by atoms with van der Waals surface area (Å²) in [6, 6.07) is 1.89. The van der Waals surface area contributed by atoms with Crippen LogP contribution < -0.4 is 5.32 Å². The van der Waals surface area contributed by atoms with E-state index in [2.05, 4.69) is 5.32 Å². The molecule has 0 spiro atoms. The van der Waals surface area contributed by atoms with Crippen LogP contribution in [0.5, 0.6) is 0 Å². The van der Waals surface area contributed by atoms with Gasteiger partial charge >= 0.3 is 5.97 Å². The topological polar surface area (TPSA) is 49.3 Å². The number of carboxylic acids is 1. The summed E-state index contributed by atoms with van der Waals surface area (Å²) >= 11 is 0. The third-order valence-corrected chi connectivity index (χ3v) is 3.25. The number of rotatable bonds is 3. The molecule has 0 amide bonds. The van der Waals surface area contributed by atoms with Gasteiger partial charge in [-0.25, -0.2) is 13.6 Å². The van der Waals surface area contributed by atoms with Crippen LogP contribution in [0.15, 0.2) is 12.1 Å². The Bertz CT molecular complexity index is 457. The minimum absolute atomic E-state index is 0.139. The molecule has 0 aliphatic carbocycles. The molecule has 5 heteroatoms. The van der Waals surface area contributed by atoms with Crippen LogP contribution >= 0.6 is 0 Å². The lowest BCUT2D eigenvalue weighted by atomic mass is 9.96. The summed E-state index contributed by atoms with van der Waals surface area (Å²) in [6.45, 7) is 0.888. The molecule has 0 saturated carbocycles. The van der Waals surface area contributed by atoms with Gasteiger partial charge in [0.05, 0.1) is 5.56 Å². The Morgan fingerprint density at radius 1 is 1.33 bits per heavy atom. The molecule has 3 nitrogen and oxygen atoms in total. The Hall–Kier alpha value is -1.49. The number of hydrogen-bond acceptors (Lipinski definition) is 2. The maximum absolute atomic E-state index is 13.6. The normalized spacial score (nSPS) is 19.8. The van der Waals surface area contributed by atoms with Gasteiger partial charge in [0.1, 0.15) is 11.6 Å². The van der Waals surface area contributed by atoms with Crippen LogP contribution in [0.4, 0.5) is 8.78 Å². The maximum atomic E-state index is 13.6. The van der Waals surface area contributed by atoms with Crippen molar-refractivity contribution in [3.63, 3.8) is 0 Å². The van der Waals surface area contributed by atoms with Gasteiger partial charge in [-0.2, -0.15) is 0 Å². The van der Waals surface area contributed by atoms with Gasteiger partial charge in [0.25, 0.3) is 0 Å². The number of aromatic carboxylic acids is 1. The summed E-state index contributed by atoms with van der Waals surface area (Å²) in [5.74, 6) is -3.07. The number of benzene rings is 1. The van der Waals surface area contributed by atoms with Crippen molar-refractivity contribution in [1.29, 1.82) is 0 Å². The summed E-state index contributed by atoms with van der Waals surface area (Å²) in [6.07, 6.45) is 3.50. The molecule has 2 rings (SSSR count). The van der Waals surface area contributed by atoms with Gasteiger partial charge in [-0.3, -0.25) is 0 Å². The summed E-state index contributed by atoms with van der Waals surface area (Å²) in [5, 5.41) is 12.1. The Morgan fingerprint density at radius 2 is 2.11 bits per heavy atom. The minimum Gasteiger partial charge on any atom is -0.478 e. The van der Waals surface area contributed by atoms with Crippen LogP contribution in [0.3, 0.4) is 0 Å². The van der Waals surface area contributed by atoms with Crippen LogP contribution in [-0.4, -0.2) is 23.7 Å². The molecule has 0 bridgehead atoms. The number of halogens is 2. The van der Waals surface area contributed by atoms with Crippen LogP contribution in [0, 0.1) is 11.6 Å². The monoisotopic (exact) mass is 255 g/mol. The standard InChI is InChI=1S/C13H15F2NO2/c14-11-7-12(15)10(13(17)18)6-8(11)5-9-3-1-2-4-16-9/h6-7,9,16H,1-5H2,(H,17,18). The van der Waals surface area contributed by atoms with Gasteiger partial charge < -0.3 is 10.4 Å². The molecule has 1 atom stereocenters. The van der Waals surface area contributed by atoms with Crippen molar-refractivity contribution in [2.75, 3.05) is 6.54 Å². The van der Waals surface area contributed by atoms with E-state index >= 15 is 0 Å². The highest BCUT2D eigenvalue weighted by molar-refractivity contribution is 5.88. The second-order valence-corrected chi connectivity index (χ2v) is 4.58. The molecule has 1 heterocycles. The SMILES string of the molecule is O=C(O)c1cc(CC2CCCCN2)c(F)cc1F. The summed E-state index contributed by atoms with van der Waals surface area (Å²) < 4.78 is 26.8. The zero-order valence-electron chi connectivity index (χ0n) is 9.88. The fraction of sp³-hybridized carbons (Fsp3) is 0.462. The molecule has 0 aromatic heterocycles. The summed E-state index contributed by atoms with van der Waals surface area (Å²) in [4.78, 5) is 10.8. The van der Waals surface area contributed by atoms with E-state index in [1.54, 1.807) is 0 Å². The first kappa shape index (κ1) is 13.0. The van der Waals surface area contributed by atoms with Crippen molar-refractivity contribution < 1.29 is 18.7 Å². The van der Waals surface area contributed by atoms with Crippen LogP contribution in [0.2, 0.25) is 0 Å². The molecule has 18 heavy (non-hydrogen) atoms. The van der Waals surface area contributed by atoms with Gasteiger partial charge in [0.2, 0.25) is 0 Å². The molecule has 1 saturated heterocycles. The Kier molecular flexibility index (Phi) is 3.91. The fourth-order valence-electron chi connectivity index (χ4n) is 2.28. The van der Waals surface area contributed by atoms with E-state index in [-0.39, 0.29) is 11.6 Å². The second-order valence-electron chi connectivity index (χ2n) is 4.58. The third kappa shape index (κ3) is 2.85. The molecule has 1 aliphatic rings. The lowest BCUT2D eigenvalue weighted by molar-refractivity contribution is 0.0691. The van der Waals surface area contributed by atoms with Gasteiger partial charge in [-0.05, 0) is 37.4 Å². The smallest absolute Gasteiger partial charge is 0.338 e. The Morgan fingerprint density at radius 3 is 2.72 bits per heavy atom. The predicted octanol–water partition coefficient (Wildman–Crippen LogP) is 2.35. The van der Waals surface area contributed by atoms with Crippen molar-refractivity contribution in [2.45, 2.75) is 31.7 Å². The zero-order chi connectivity index (χ0) is 13.1. The fourth-order valence-corrected chi connectivity index (χ4v) is 2.28. The van der Waals surface area contributed by atoms with E-state index in [1.807, 2.05) is 0 Å². The van der Waals surface area contributed by atoms with Crippen molar-refractivity contribution >= 4 is 5.97 Å². The molecule has 1 aromatic rings. The lowest BCUT2D eigenvalue weighted by Gasteiger charge is -2.23. The van der Waals surface area contributed by atoms with Gasteiger partial charge in [-0.15, -0.1) is 0 Å².